The second kappa shape index (κ2) is 5.22. The van der Waals surface area contributed by atoms with Crippen molar-refractivity contribution in [3.05, 3.63) is 58.1 Å². The summed E-state index contributed by atoms with van der Waals surface area (Å²) in [5.74, 6) is 0.314. The number of benzene rings is 1. The van der Waals surface area contributed by atoms with Crippen LogP contribution in [0.15, 0.2) is 41.3 Å². The highest BCUT2D eigenvalue weighted by Crippen LogP contribution is 2.25. The van der Waals surface area contributed by atoms with Gasteiger partial charge < -0.3 is 10.7 Å². The molecule has 2 aromatic heterocycles. The fraction of sp³-hybridized carbons (Fsp3) is 0.125. The van der Waals surface area contributed by atoms with E-state index >= 15 is 0 Å². The maximum absolute atomic E-state index is 12.3. The minimum Gasteiger partial charge on any atom is -0.399 e. The number of nitrogens with one attached hydrogen (secondary N) is 1. The highest BCUT2D eigenvalue weighted by atomic mass is 35.5. The van der Waals surface area contributed by atoms with E-state index in [1.165, 1.54) is 0 Å². The maximum atomic E-state index is 12.3. The molecular formula is C16H14ClN3O. The fourth-order valence-electron chi connectivity index (χ4n) is 2.35. The maximum Gasteiger partial charge on any atom is 0.256 e. The van der Waals surface area contributed by atoms with Gasteiger partial charge in [0.1, 0.15) is 0 Å². The van der Waals surface area contributed by atoms with E-state index in [9.17, 15) is 4.79 Å². The number of H-pyrrole nitrogens is 1. The lowest BCUT2D eigenvalue weighted by molar-refractivity contribution is 1.17. The summed E-state index contributed by atoms with van der Waals surface area (Å²) in [7, 11) is 0. The third kappa shape index (κ3) is 2.50. The molecule has 0 unspecified atom stereocenters. The fourth-order valence-corrected chi connectivity index (χ4v) is 2.49. The van der Waals surface area contributed by atoms with Crippen LogP contribution in [0.25, 0.3) is 22.0 Å². The van der Waals surface area contributed by atoms with E-state index in [0.29, 0.717) is 17.1 Å². The summed E-state index contributed by atoms with van der Waals surface area (Å²) >= 11 is 5.76. The molecule has 0 saturated heterocycles. The number of nitrogens with two attached hydrogens (primary N) is 1. The van der Waals surface area contributed by atoms with Gasteiger partial charge in [0.15, 0.2) is 0 Å². The second-order valence-electron chi connectivity index (χ2n) is 4.98. The molecular weight excluding hydrogens is 286 g/mol. The Morgan fingerprint density at radius 2 is 2.05 bits per heavy atom. The first-order valence-corrected chi connectivity index (χ1v) is 7.06. The molecule has 0 aliphatic heterocycles. The van der Waals surface area contributed by atoms with Crippen molar-refractivity contribution in [2.45, 2.75) is 12.8 Å². The van der Waals surface area contributed by atoms with E-state index in [4.69, 9.17) is 17.3 Å². The minimum absolute atomic E-state index is 0.150. The van der Waals surface area contributed by atoms with Crippen LogP contribution in [0.2, 0.25) is 0 Å². The predicted octanol–water partition coefficient (Wildman–Crippen LogP) is 3.22. The Bertz CT molecular complexity index is 886. The zero-order valence-corrected chi connectivity index (χ0v) is 12.2. The van der Waals surface area contributed by atoms with E-state index in [1.54, 1.807) is 12.3 Å². The number of hydrogen-bond donors (Lipinski definition) is 2. The van der Waals surface area contributed by atoms with Crippen LogP contribution in [0.5, 0.6) is 0 Å². The summed E-state index contributed by atoms with van der Waals surface area (Å²) in [5.41, 5.74) is 10.2. The number of fused-ring (bicyclic) bond motifs is 1. The van der Waals surface area contributed by atoms with Gasteiger partial charge >= 0.3 is 0 Å². The normalized spacial score (nSPS) is 11.0. The molecule has 106 valence electrons. The van der Waals surface area contributed by atoms with Gasteiger partial charge in [-0.3, -0.25) is 9.78 Å². The zero-order valence-electron chi connectivity index (χ0n) is 11.5. The van der Waals surface area contributed by atoms with E-state index in [2.05, 4.69) is 9.97 Å². The summed E-state index contributed by atoms with van der Waals surface area (Å²) in [6, 6.07) is 9.17. The molecule has 4 nitrogen and oxygen atoms in total. The summed E-state index contributed by atoms with van der Waals surface area (Å²) < 4.78 is 0. The van der Waals surface area contributed by atoms with Crippen molar-refractivity contribution in [3.8, 4) is 11.1 Å². The number of nitrogen functional groups attached to an aromatic ring is 1. The standard InChI is InChI=1S/C16H14ClN3O/c1-9-2-3-11(18)5-13(9)14-4-10-8-19-12(7-17)6-15(10)20-16(14)21/h2-6,8H,7,18H2,1H3,(H,20,21). The molecule has 21 heavy (non-hydrogen) atoms. The van der Waals surface area contributed by atoms with Gasteiger partial charge in [0, 0.05) is 22.8 Å². The van der Waals surface area contributed by atoms with Gasteiger partial charge in [-0.2, -0.15) is 0 Å². The number of anilines is 1. The number of nitrogens with zero attached hydrogens (tertiary/aromatic N) is 1. The zero-order chi connectivity index (χ0) is 15.0. The quantitative estimate of drug-likeness (QED) is 0.564. The molecule has 0 aliphatic carbocycles. The third-order valence-corrected chi connectivity index (χ3v) is 3.75. The Hall–Kier alpha value is -2.33. The lowest BCUT2D eigenvalue weighted by atomic mass is 10.00. The first-order chi connectivity index (χ1) is 10.1. The van der Waals surface area contributed by atoms with Crippen molar-refractivity contribution in [1.82, 2.24) is 9.97 Å². The Morgan fingerprint density at radius 3 is 2.81 bits per heavy atom. The molecule has 0 bridgehead atoms. The van der Waals surface area contributed by atoms with E-state index in [-0.39, 0.29) is 5.56 Å². The molecule has 2 heterocycles. The van der Waals surface area contributed by atoms with Crippen molar-refractivity contribution in [2.75, 3.05) is 5.73 Å². The van der Waals surface area contributed by atoms with Crippen molar-refractivity contribution in [2.24, 2.45) is 0 Å². The number of aryl methyl sites for hydroxylation is 1. The predicted molar refractivity (Wildman–Crippen MR) is 86.5 cm³/mol. The SMILES string of the molecule is Cc1ccc(N)cc1-c1cc2cnc(CCl)cc2[nH]c1=O. The van der Waals surface area contributed by atoms with E-state index < -0.39 is 0 Å². The molecule has 3 rings (SSSR count). The average Bonchev–Trinajstić information content (AvgIpc) is 2.48. The summed E-state index contributed by atoms with van der Waals surface area (Å²) in [6.45, 7) is 1.95. The second-order valence-corrected chi connectivity index (χ2v) is 5.25. The van der Waals surface area contributed by atoms with Gasteiger partial charge in [0.25, 0.3) is 5.56 Å². The van der Waals surface area contributed by atoms with Gasteiger partial charge in [-0.1, -0.05) is 6.07 Å². The highest BCUT2D eigenvalue weighted by Gasteiger charge is 2.09. The van der Waals surface area contributed by atoms with Crippen LogP contribution in [0.4, 0.5) is 5.69 Å². The molecule has 3 N–H and O–H groups in total. The molecule has 1 aromatic carbocycles. The molecule has 0 aliphatic rings. The number of halogens is 1. The number of rotatable bonds is 2. The molecule has 0 fully saturated rings. The van der Waals surface area contributed by atoms with Gasteiger partial charge in [-0.25, -0.2) is 0 Å². The van der Waals surface area contributed by atoms with Gasteiger partial charge in [-0.05, 0) is 42.3 Å². The number of aromatic nitrogens is 2. The topological polar surface area (TPSA) is 71.8 Å². The van der Waals surface area contributed by atoms with Crippen molar-refractivity contribution in [3.63, 3.8) is 0 Å². The van der Waals surface area contributed by atoms with Crippen molar-refractivity contribution in [1.29, 1.82) is 0 Å². The first kappa shape index (κ1) is 13.6. The Morgan fingerprint density at radius 1 is 1.24 bits per heavy atom. The number of alkyl halides is 1. The van der Waals surface area contributed by atoms with Crippen molar-refractivity contribution < 1.29 is 0 Å². The van der Waals surface area contributed by atoms with E-state index in [1.807, 2.05) is 31.2 Å². The molecule has 0 spiro atoms. The van der Waals surface area contributed by atoms with Gasteiger partial charge in [-0.15, -0.1) is 11.6 Å². The number of hydrogen-bond acceptors (Lipinski definition) is 3. The van der Waals surface area contributed by atoms with Crippen molar-refractivity contribution >= 4 is 28.2 Å². The monoisotopic (exact) mass is 299 g/mol. The van der Waals surface area contributed by atoms with Crippen LogP contribution in [0, 0.1) is 6.92 Å². The summed E-state index contributed by atoms with van der Waals surface area (Å²) in [6.07, 6.45) is 1.72. The smallest absolute Gasteiger partial charge is 0.256 e. The van der Waals surface area contributed by atoms with Crippen LogP contribution in [0.1, 0.15) is 11.3 Å². The van der Waals surface area contributed by atoms with E-state index in [0.717, 1.165) is 27.7 Å². The Kier molecular flexibility index (Phi) is 3.39. The Labute approximate surface area is 126 Å². The summed E-state index contributed by atoms with van der Waals surface area (Å²) in [5, 5.41) is 0.861. The van der Waals surface area contributed by atoms with Gasteiger partial charge in [0.2, 0.25) is 0 Å². The number of pyridine rings is 2. The minimum atomic E-state index is -0.150. The molecule has 0 saturated carbocycles. The average molecular weight is 300 g/mol. The molecule has 3 aromatic rings. The van der Waals surface area contributed by atoms with Crippen LogP contribution in [-0.2, 0) is 5.88 Å². The van der Waals surface area contributed by atoms with Crippen LogP contribution in [0.3, 0.4) is 0 Å². The molecule has 0 amide bonds. The Balaban J connectivity index is 2.26. The lowest BCUT2D eigenvalue weighted by Gasteiger charge is -2.08. The van der Waals surface area contributed by atoms with Crippen LogP contribution < -0.4 is 11.3 Å². The first-order valence-electron chi connectivity index (χ1n) is 6.53. The third-order valence-electron chi connectivity index (χ3n) is 3.47. The van der Waals surface area contributed by atoms with Crippen LogP contribution in [-0.4, -0.2) is 9.97 Å². The summed E-state index contributed by atoms with van der Waals surface area (Å²) in [4.78, 5) is 19.5. The highest BCUT2D eigenvalue weighted by molar-refractivity contribution is 6.17. The lowest BCUT2D eigenvalue weighted by Crippen LogP contribution is -2.10. The largest absolute Gasteiger partial charge is 0.399 e. The molecule has 0 radical (unpaired) electrons. The number of aromatic amines is 1. The van der Waals surface area contributed by atoms with Crippen LogP contribution >= 0.6 is 11.6 Å². The molecule has 0 atom stereocenters. The molecule has 5 heteroatoms. The van der Waals surface area contributed by atoms with Gasteiger partial charge in [0.05, 0.1) is 17.1 Å².